The monoisotopic (exact) mass is 503 g/mol. The van der Waals surface area contributed by atoms with Crippen LogP contribution in [0.3, 0.4) is 0 Å². The van der Waals surface area contributed by atoms with Crippen LogP contribution in [0, 0.1) is 11.8 Å². The Bertz CT molecular complexity index is 990. The molecular weight excluding hydrogens is 462 g/mol. The van der Waals surface area contributed by atoms with Crippen LogP contribution < -0.4 is 21.7 Å². The number of nitrogens with one attached hydrogen (secondary N) is 4. The Kier molecular flexibility index (Phi) is 11.1. The molecule has 194 valence electrons. The molecule has 1 aromatic heterocycles. The Morgan fingerprint density at radius 1 is 0.943 bits per heavy atom. The molecule has 0 aliphatic carbocycles. The van der Waals surface area contributed by atoms with Crippen LogP contribution in [0.2, 0.25) is 0 Å². The molecule has 6 N–H and O–H groups in total. The predicted molar refractivity (Wildman–Crippen MR) is 144 cm³/mol. The van der Waals surface area contributed by atoms with Crippen molar-refractivity contribution in [1.29, 1.82) is 0 Å². The summed E-state index contributed by atoms with van der Waals surface area (Å²) in [4.78, 5) is 42.0. The van der Waals surface area contributed by atoms with E-state index in [-0.39, 0.29) is 35.6 Å². The fourth-order valence-corrected chi connectivity index (χ4v) is 4.35. The summed E-state index contributed by atoms with van der Waals surface area (Å²) in [6.45, 7) is 9.37. The lowest BCUT2D eigenvalue weighted by atomic mass is 9.99. The highest BCUT2D eigenvalue weighted by Gasteiger charge is 2.30. The summed E-state index contributed by atoms with van der Waals surface area (Å²) in [6, 6.07) is 5.75. The highest BCUT2D eigenvalue weighted by atomic mass is 32.2. The number of carbonyl (C=O) groups is 3. The van der Waals surface area contributed by atoms with Crippen LogP contribution >= 0.6 is 11.8 Å². The molecule has 0 saturated heterocycles. The van der Waals surface area contributed by atoms with Gasteiger partial charge in [-0.05, 0) is 55.2 Å². The fraction of sp³-hybridized carbons (Fsp3) is 0.577. The standard InChI is InChI=1S/C26H41N5O3S/c1-15(2)22(27)25(33)31-23(16(3)4)26(34)30-21(11-12-35-6)24(32)29-17(5)13-18-14-28-20-10-8-7-9-19(18)20/h7-10,14-17,21-23,28H,11-13,27H2,1-6H3,(H,29,32)(H,30,34)(H,31,33)/t17-,21+,22+,23-/m1/s1. The lowest BCUT2D eigenvalue weighted by Gasteiger charge is -2.27. The molecule has 1 aromatic carbocycles. The van der Waals surface area contributed by atoms with E-state index in [1.165, 1.54) is 0 Å². The number of nitrogens with two attached hydrogens (primary N) is 1. The lowest BCUT2D eigenvalue weighted by Crippen LogP contribution is -2.58. The normalized spacial score (nSPS) is 15.0. The van der Waals surface area contributed by atoms with E-state index in [9.17, 15) is 14.4 Å². The van der Waals surface area contributed by atoms with Gasteiger partial charge in [0.2, 0.25) is 17.7 Å². The van der Waals surface area contributed by atoms with Gasteiger partial charge in [0.05, 0.1) is 6.04 Å². The molecule has 0 radical (unpaired) electrons. The van der Waals surface area contributed by atoms with Crippen LogP contribution in [0.1, 0.15) is 46.6 Å². The first kappa shape index (κ1) is 28.7. The van der Waals surface area contributed by atoms with E-state index in [1.54, 1.807) is 11.8 Å². The minimum absolute atomic E-state index is 0.0513. The van der Waals surface area contributed by atoms with Gasteiger partial charge in [0.1, 0.15) is 12.1 Å². The second kappa shape index (κ2) is 13.5. The number of hydrogen-bond acceptors (Lipinski definition) is 5. The number of amides is 3. The van der Waals surface area contributed by atoms with Gasteiger partial charge in [-0.2, -0.15) is 11.8 Å². The van der Waals surface area contributed by atoms with Crippen molar-refractivity contribution in [3.8, 4) is 0 Å². The van der Waals surface area contributed by atoms with Gasteiger partial charge in [0.15, 0.2) is 0 Å². The first-order valence-electron chi connectivity index (χ1n) is 12.3. The summed E-state index contributed by atoms with van der Waals surface area (Å²) in [5.74, 6) is -0.479. The summed E-state index contributed by atoms with van der Waals surface area (Å²) in [5.41, 5.74) is 8.14. The SMILES string of the molecule is CSCC[C@H](NC(=O)[C@H](NC(=O)[C@@H](N)C(C)C)C(C)C)C(=O)N[C@H](C)Cc1c[nH]c2ccccc12. The average molecular weight is 504 g/mol. The molecule has 8 nitrogen and oxygen atoms in total. The molecule has 9 heteroatoms. The molecule has 0 spiro atoms. The molecule has 4 atom stereocenters. The van der Waals surface area contributed by atoms with Crippen LogP contribution in [0.5, 0.6) is 0 Å². The molecule has 0 aliphatic rings. The maximum Gasteiger partial charge on any atom is 0.243 e. The lowest BCUT2D eigenvalue weighted by molar-refractivity contribution is -0.133. The molecule has 0 aliphatic heterocycles. The molecule has 3 amide bonds. The number of rotatable bonds is 13. The summed E-state index contributed by atoms with van der Waals surface area (Å²) >= 11 is 1.61. The molecular formula is C26H41N5O3S. The number of aromatic nitrogens is 1. The Hall–Kier alpha value is -2.52. The highest BCUT2D eigenvalue weighted by molar-refractivity contribution is 7.98. The van der Waals surface area contributed by atoms with Gasteiger partial charge in [-0.3, -0.25) is 14.4 Å². The Morgan fingerprint density at radius 2 is 1.63 bits per heavy atom. The van der Waals surface area contributed by atoms with Crippen LogP contribution in [0.25, 0.3) is 10.9 Å². The Balaban J connectivity index is 2.05. The summed E-state index contributed by atoms with van der Waals surface area (Å²) < 4.78 is 0. The number of thioether (sulfide) groups is 1. The van der Waals surface area contributed by atoms with E-state index in [1.807, 2.05) is 65.3 Å². The fourth-order valence-electron chi connectivity index (χ4n) is 3.88. The van der Waals surface area contributed by atoms with Gasteiger partial charge in [-0.25, -0.2) is 0 Å². The van der Waals surface area contributed by atoms with Crippen molar-refractivity contribution in [3.05, 3.63) is 36.0 Å². The van der Waals surface area contributed by atoms with Gasteiger partial charge in [-0.15, -0.1) is 0 Å². The van der Waals surface area contributed by atoms with E-state index in [2.05, 4.69) is 27.0 Å². The third kappa shape index (κ3) is 8.28. The van der Waals surface area contributed by atoms with Crippen molar-refractivity contribution in [2.45, 2.75) is 71.6 Å². The first-order valence-corrected chi connectivity index (χ1v) is 13.6. The van der Waals surface area contributed by atoms with Crippen molar-refractivity contribution in [2.24, 2.45) is 17.6 Å². The van der Waals surface area contributed by atoms with Crippen LogP contribution in [0.15, 0.2) is 30.5 Å². The van der Waals surface area contributed by atoms with Crippen molar-refractivity contribution in [1.82, 2.24) is 20.9 Å². The van der Waals surface area contributed by atoms with E-state index >= 15 is 0 Å². The van der Waals surface area contributed by atoms with Crippen molar-refractivity contribution >= 4 is 40.4 Å². The summed E-state index contributed by atoms with van der Waals surface area (Å²) in [6.07, 6.45) is 5.08. The van der Waals surface area contributed by atoms with E-state index < -0.39 is 18.1 Å². The van der Waals surface area contributed by atoms with Crippen LogP contribution in [-0.2, 0) is 20.8 Å². The minimum Gasteiger partial charge on any atom is -0.361 e. The number of aromatic amines is 1. The van der Waals surface area contributed by atoms with Gasteiger partial charge in [0, 0.05) is 23.1 Å². The molecule has 0 bridgehead atoms. The Labute approximate surface area is 212 Å². The summed E-state index contributed by atoms with van der Waals surface area (Å²) in [7, 11) is 0. The molecule has 1 heterocycles. The molecule has 0 fully saturated rings. The summed E-state index contributed by atoms with van der Waals surface area (Å²) in [5, 5.41) is 9.83. The van der Waals surface area contributed by atoms with Crippen molar-refractivity contribution in [2.75, 3.05) is 12.0 Å². The largest absolute Gasteiger partial charge is 0.361 e. The molecule has 2 aromatic rings. The van der Waals surface area contributed by atoms with E-state index in [4.69, 9.17) is 5.73 Å². The third-order valence-corrected chi connectivity index (χ3v) is 6.75. The van der Waals surface area contributed by atoms with Crippen LogP contribution in [0.4, 0.5) is 0 Å². The van der Waals surface area contributed by atoms with Crippen molar-refractivity contribution in [3.63, 3.8) is 0 Å². The van der Waals surface area contributed by atoms with Gasteiger partial charge in [-0.1, -0.05) is 45.9 Å². The maximum atomic E-state index is 13.1. The topological polar surface area (TPSA) is 129 Å². The second-order valence-electron chi connectivity index (χ2n) is 9.82. The zero-order chi connectivity index (χ0) is 26.1. The van der Waals surface area contributed by atoms with Crippen molar-refractivity contribution < 1.29 is 14.4 Å². The molecule has 0 saturated carbocycles. The minimum atomic E-state index is -0.777. The number of para-hydroxylation sites is 1. The smallest absolute Gasteiger partial charge is 0.243 e. The van der Waals surface area contributed by atoms with Crippen LogP contribution in [-0.4, -0.2) is 58.9 Å². The predicted octanol–water partition coefficient (Wildman–Crippen LogP) is 2.58. The zero-order valence-electron chi connectivity index (χ0n) is 21.7. The zero-order valence-corrected chi connectivity index (χ0v) is 22.5. The van der Waals surface area contributed by atoms with E-state index in [0.29, 0.717) is 18.6 Å². The molecule has 0 unspecified atom stereocenters. The molecule has 2 rings (SSSR count). The highest BCUT2D eigenvalue weighted by Crippen LogP contribution is 2.19. The average Bonchev–Trinajstić information content (AvgIpc) is 3.21. The number of carbonyl (C=O) groups excluding carboxylic acids is 3. The first-order chi connectivity index (χ1) is 16.5. The van der Waals surface area contributed by atoms with Gasteiger partial charge >= 0.3 is 0 Å². The number of H-pyrrole nitrogens is 1. The number of hydrogen-bond donors (Lipinski definition) is 5. The number of fused-ring (bicyclic) bond motifs is 1. The third-order valence-electron chi connectivity index (χ3n) is 6.10. The van der Waals surface area contributed by atoms with Gasteiger partial charge < -0.3 is 26.7 Å². The second-order valence-corrected chi connectivity index (χ2v) is 10.8. The maximum absolute atomic E-state index is 13.1. The number of benzene rings is 1. The Morgan fingerprint density at radius 3 is 2.26 bits per heavy atom. The molecule has 35 heavy (non-hydrogen) atoms. The van der Waals surface area contributed by atoms with Gasteiger partial charge in [0.25, 0.3) is 0 Å². The van der Waals surface area contributed by atoms with E-state index in [0.717, 1.165) is 16.5 Å². The quantitative estimate of drug-likeness (QED) is 0.287.